The second kappa shape index (κ2) is 6.29. The number of carbonyl (C=O) groups is 1. The van der Waals surface area contributed by atoms with E-state index < -0.39 is 5.60 Å². The van der Waals surface area contributed by atoms with Crippen LogP contribution in [-0.4, -0.2) is 34.3 Å². The molecule has 0 radical (unpaired) electrons. The molecule has 1 saturated heterocycles. The molecule has 1 saturated carbocycles. The SMILES string of the molecule is CC(C)(C)OC(=O)N1CCC2(CC1)CC(n1ccc3c(Br)cccc31)C2. The van der Waals surface area contributed by atoms with Gasteiger partial charge in [0.05, 0.1) is 0 Å². The Bertz CT molecular complexity index is 820. The van der Waals surface area contributed by atoms with Gasteiger partial charge in [-0.1, -0.05) is 22.0 Å². The Balaban J connectivity index is 1.38. The molecular formula is C21H27BrN2O2. The molecule has 0 N–H and O–H groups in total. The molecule has 2 aromatic rings. The Hall–Kier alpha value is -1.49. The Morgan fingerprint density at radius 3 is 2.54 bits per heavy atom. The topological polar surface area (TPSA) is 34.5 Å². The third-order valence-electron chi connectivity index (χ3n) is 5.92. The van der Waals surface area contributed by atoms with E-state index >= 15 is 0 Å². The normalized spacial score (nSPS) is 20.4. The number of fused-ring (bicyclic) bond motifs is 1. The summed E-state index contributed by atoms with van der Waals surface area (Å²) in [5, 5.41) is 1.29. The number of carbonyl (C=O) groups excluding carboxylic acids is 1. The summed E-state index contributed by atoms with van der Waals surface area (Å²) in [5.41, 5.74) is 1.30. The molecule has 1 amide bonds. The number of piperidine rings is 1. The highest BCUT2D eigenvalue weighted by Gasteiger charge is 2.47. The van der Waals surface area contributed by atoms with Crippen molar-refractivity contribution in [3.05, 3.63) is 34.9 Å². The van der Waals surface area contributed by atoms with Gasteiger partial charge in [-0.25, -0.2) is 4.79 Å². The molecule has 0 unspecified atom stereocenters. The first-order valence-corrected chi connectivity index (χ1v) is 10.3. The van der Waals surface area contributed by atoms with Crippen LogP contribution in [0.5, 0.6) is 0 Å². The first-order valence-electron chi connectivity index (χ1n) is 9.49. The highest BCUT2D eigenvalue weighted by molar-refractivity contribution is 9.10. The standard InChI is InChI=1S/C21H27BrN2O2/c1-20(2,3)26-19(25)23-11-8-21(9-12-23)13-15(14-21)24-10-7-16-17(22)5-4-6-18(16)24/h4-7,10,15H,8-9,11-14H2,1-3H3. The van der Waals surface area contributed by atoms with Gasteiger partial charge in [0.1, 0.15) is 5.60 Å². The van der Waals surface area contributed by atoms with Crippen LogP contribution in [0.4, 0.5) is 4.79 Å². The summed E-state index contributed by atoms with van der Waals surface area (Å²) in [6.45, 7) is 7.41. The van der Waals surface area contributed by atoms with E-state index in [4.69, 9.17) is 4.74 Å². The van der Waals surface area contributed by atoms with E-state index in [2.05, 4.69) is 51.0 Å². The zero-order chi connectivity index (χ0) is 18.5. The van der Waals surface area contributed by atoms with Gasteiger partial charge in [0, 0.05) is 40.7 Å². The van der Waals surface area contributed by atoms with E-state index in [0.29, 0.717) is 11.5 Å². The quantitative estimate of drug-likeness (QED) is 0.589. The summed E-state index contributed by atoms with van der Waals surface area (Å²) in [4.78, 5) is 14.1. The van der Waals surface area contributed by atoms with Crippen molar-refractivity contribution in [2.45, 2.75) is 58.1 Å². The second-order valence-electron chi connectivity index (χ2n) is 8.93. The first-order chi connectivity index (χ1) is 12.3. The third kappa shape index (κ3) is 3.26. The lowest BCUT2D eigenvalue weighted by Crippen LogP contribution is -2.50. The molecule has 2 aliphatic rings. The van der Waals surface area contributed by atoms with Crippen molar-refractivity contribution in [3.8, 4) is 0 Å². The lowest BCUT2D eigenvalue weighted by Gasteiger charge is -2.52. The van der Waals surface area contributed by atoms with Crippen molar-refractivity contribution in [1.82, 2.24) is 9.47 Å². The predicted molar refractivity (Wildman–Crippen MR) is 107 cm³/mol. The summed E-state index contributed by atoms with van der Waals surface area (Å²) < 4.78 is 9.11. The number of ether oxygens (including phenoxy) is 1. The predicted octanol–water partition coefficient (Wildman–Crippen LogP) is 5.76. The number of amides is 1. The van der Waals surface area contributed by atoms with Gasteiger partial charge in [0.15, 0.2) is 0 Å². The summed E-state index contributed by atoms with van der Waals surface area (Å²) in [7, 11) is 0. The highest BCUT2D eigenvalue weighted by atomic mass is 79.9. The number of benzene rings is 1. The molecule has 0 atom stereocenters. The van der Waals surface area contributed by atoms with E-state index in [1.807, 2.05) is 25.7 Å². The molecule has 1 aliphatic heterocycles. The van der Waals surface area contributed by atoms with Gasteiger partial charge in [-0.3, -0.25) is 0 Å². The van der Waals surface area contributed by atoms with Gasteiger partial charge in [0.25, 0.3) is 0 Å². The first kappa shape index (κ1) is 17.9. The van der Waals surface area contributed by atoms with Crippen LogP contribution < -0.4 is 0 Å². The fourth-order valence-electron chi connectivity index (χ4n) is 4.50. The number of aromatic nitrogens is 1. The molecule has 1 aliphatic carbocycles. The Morgan fingerprint density at radius 2 is 1.88 bits per heavy atom. The molecule has 2 heterocycles. The zero-order valence-corrected chi connectivity index (χ0v) is 17.4. The average Bonchev–Trinajstić information content (AvgIpc) is 2.96. The molecular weight excluding hydrogens is 392 g/mol. The fourth-order valence-corrected chi connectivity index (χ4v) is 4.99. The van der Waals surface area contributed by atoms with Crippen LogP contribution in [0.15, 0.2) is 34.9 Å². The number of hydrogen-bond acceptors (Lipinski definition) is 2. The van der Waals surface area contributed by atoms with E-state index in [0.717, 1.165) is 30.4 Å². The van der Waals surface area contributed by atoms with E-state index in [9.17, 15) is 4.79 Å². The number of nitrogens with zero attached hydrogens (tertiary/aromatic N) is 2. The molecule has 2 fully saturated rings. The molecule has 0 bridgehead atoms. The minimum Gasteiger partial charge on any atom is -0.444 e. The summed E-state index contributed by atoms with van der Waals surface area (Å²) in [6, 6.07) is 9.19. The lowest BCUT2D eigenvalue weighted by molar-refractivity contribution is -0.0225. The van der Waals surface area contributed by atoms with Crippen molar-refractivity contribution in [2.75, 3.05) is 13.1 Å². The largest absolute Gasteiger partial charge is 0.444 e. The van der Waals surface area contributed by atoms with Crippen LogP contribution in [0, 0.1) is 5.41 Å². The minimum absolute atomic E-state index is 0.163. The Kier molecular flexibility index (Phi) is 4.33. The van der Waals surface area contributed by atoms with Crippen molar-refractivity contribution < 1.29 is 9.53 Å². The molecule has 1 spiro atoms. The summed E-state index contributed by atoms with van der Waals surface area (Å²) in [5.74, 6) is 0. The van der Waals surface area contributed by atoms with Crippen molar-refractivity contribution in [1.29, 1.82) is 0 Å². The maximum absolute atomic E-state index is 12.3. The van der Waals surface area contributed by atoms with Gasteiger partial charge in [-0.05, 0) is 70.1 Å². The van der Waals surface area contributed by atoms with Crippen LogP contribution in [0.25, 0.3) is 10.9 Å². The van der Waals surface area contributed by atoms with Gasteiger partial charge in [-0.2, -0.15) is 0 Å². The van der Waals surface area contributed by atoms with Crippen LogP contribution in [0.1, 0.15) is 52.5 Å². The third-order valence-corrected chi connectivity index (χ3v) is 6.61. The zero-order valence-electron chi connectivity index (χ0n) is 15.8. The Morgan fingerprint density at radius 1 is 1.19 bits per heavy atom. The Labute approximate surface area is 163 Å². The smallest absolute Gasteiger partial charge is 0.410 e. The number of rotatable bonds is 1. The molecule has 1 aromatic heterocycles. The molecule has 140 valence electrons. The van der Waals surface area contributed by atoms with Gasteiger partial charge in [0.2, 0.25) is 0 Å². The number of likely N-dealkylation sites (tertiary alicyclic amines) is 1. The second-order valence-corrected chi connectivity index (χ2v) is 9.78. The van der Waals surface area contributed by atoms with Crippen molar-refractivity contribution >= 4 is 32.9 Å². The summed E-state index contributed by atoms with van der Waals surface area (Å²) >= 11 is 3.65. The van der Waals surface area contributed by atoms with E-state index in [1.54, 1.807) is 0 Å². The van der Waals surface area contributed by atoms with Gasteiger partial charge >= 0.3 is 6.09 Å². The lowest BCUT2D eigenvalue weighted by atomic mass is 9.60. The van der Waals surface area contributed by atoms with Crippen molar-refractivity contribution in [2.24, 2.45) is 5.41 Å². The minimum atomic E-state index is -0.419. The molecule has 1 aromatic carbocycles. The highest BCUT2D eigenvalue weighted by Crippen LogP contribution is 2.55. The van der Waals surface area contributed by atoms with Crippen molar-refractivity contribution in [3.63, 3.8) is 0 Å². The van der Waals surface area contributed by atoms with Crippen LogP contribution in [0.3, 0.4) is 0 Å². The van der Waals surface area contributed by atoms with Crippen LogP contribution in [0.2, 0.25) is 0 Å². The molecule has 4 rings (SSSR count). The summed E-state index contributed by atoms with van der Waals surface area (Å²) in [6.07, 6.45) is 6.67. The molecule has 5 heteroatoms. The van der Waals surface area contributed by atoms with Gasteiger partial charge < -0.3 is 14.2 Å². The monoisotopic (exact) mass is 418 g/mol. The number of halogens is 1. The molecule has 26 heavy (non-hydrogen) atoms. The van der Waals surface area contributed by atoms with Crippen LogP contribution >= 0.6 is 15.9 Å². The van der Waals surface area contributed by atoms with E-state index in [-0.39, 0.29) is 6.09 Å². The van der Waals surface area contributed by atoms with Crippen LogP contribution in [-0.2, 0) is 4.74 Å². The fraction of sp³-hybridized carbons (Fsp3) is 0.571. The maximum atomic E-state index is 12.3. The van der Waals surface area contributed by atoms with Gasteiger partial charge in [-0.15, -0.1) is 0 Å². The average molecular weight is 419 g/mol. The molecule has 4 nitrogen and oxygen atoms in total. The maximum Gasteiger partial charge on any atom is 0.410 e. The van der Waals surface area contributed by atoms with E-state index in [1.165, 1.54) is 23.7 Å². The number of hydrogen-bond donors (Lipinski definition) is 0.